The Balaban J connectivity index is 1.63. The third-order valence-electron chi connectivity index (χ3n) is 4.86. The van der Waals surface area contributed by atoms with Gasteiger partial charge in [0.2, 0.25) is 0 Å². The lowest BCUT2D eigenvalue weighted by Crippen LogP contribution is -2.20. The van der Waals surface area contributed by atoms with Gasteiger partial charge in [-0.3, -0.25) is 9.59 Å². The van der Waals surface area contributed by atoms with Crippen LogP contribution in [-0.2, 0) is 9.59 Å². The second-order valence-electron chi connectivity index (χ2n) is 7.46. The highest BCUT2D eigenvalue weighted by Crippen LogP contribution is 2.27. The third-order valence-corrected chi connectivity index (χ3v) is 5.39. The van der Waals surface area contributed by atoms with Crippen molar-refractivity contribution in [3.63, 3.8) is 0 Å². The number of hydrogen-bond acceptors (Lipinski definition) is 4. The number of nitriles is 1. The summed E-state index contributed by atoms with van der Waals surface area (Å²) in [6.07, 6.45) is 1.40. The van der Waals surface area contributed by atoms with Crippen LogP contribution in [0.15, 0.2) is 66.2 Å². The number of nitrogens with one attached hydrogen (secondary N) is 2. The highest BCUT2D eigenvalue weighted by Gasteiger charge is 2.12. The van der Waals surface area contributed by atoms with Gasteiger partial charge in [0.1, 0.15) is 17.4 Å². The minimum Gasteiger partial charge on any atom is -0.482 e. The average molecular weight is 494 g/mol. The third kappa shape index (κ3) is 6.85. The zero-order valence-electron chi connectivity index (χ0n) is 18.5. The van der Waals surface area contributed by atoms with E-state index in [4.69, 9.17) is 27.9 Å². The molecule has 6 nitrogen and oxygen atoms in total. The van der Waals surface area contributed by atoms with Crippen molar-refractivity contribution >= 4 is 52.5 Å². The molecule has 0 saturated carbocycles. The Bertz CT molecular complexity index is 1310. The van der Waals surface area contributed by atoms with E-state index in [1.807, 2.05) is 38.1 Å². The van der Waals surface area contributed by atoms with Crippen molar-refractivity contribution in [1.29, 1.82) is 5.26 Å². The fourth-order valence-corrected chi connectivity index (χ4v) is 3.40. The van der Waals surface area contributed by atoms with Gasteiger partial charge in [-0.2, -0.15) is 5.26 Å². The number of amides is 2. The van der Waals surface area contributed by atoms with Gasteiger partial charge >= 0.3 is 0 Å². The second-order valence-corrected chi connectivity index (χ2v) is 8.30. The summed E-state index contributed by atoms with van der Waals surface area (Å²) in [4.78, 5) is 24.6. The number of rotatable bonds is 7. The predicted molar refractivity (Wildman–Crippen MR) is 135 cm³/mol. The standard InChI is InChI=1S/C26H21Cl2N3O3/c1-16-6-8-22(10-17(16)2)30-25(32)15-34-24-9-7-18(12-23(24)28)11-19(14-29)26(33)31-21-5-3-4-20(27)13-21/h3-13H,15H2,1-2H3,(H,30,32)(H,31,33)/b19-11-. The van der Waals surface area contributed by atoms with Crippen molar-refractivity contribution in [2.75, 3.05) is 17.2 Å². The first-order chi connectivity index (χ1) is 16.2. The maximum absolute atomic E-state index is 12.4. The normalized spacial score (nSPS) is 10.9. The van der Waals surface area contributed by atoms with Gasteiger partial charge < -0.3 is 15.4 Å². The first kappa shape index (κ1) is 24.8. The number of halogens is 2. The van der Waals surface area contributed by atoms with Gasteiger partial charge in [-0.25, -0.2) is 0 Å². The Morgan fingerprint density at radius 2 is 1.74 bits per heavy atom. The molecular formula is C26H21Cl2N3O3. The molecule has 0 heterocycles. The van der Waals surface area contributed by atoms with Crippen LogP contribution in [0.25, 0.3) is 6.08 Å². The van der Waals surface area contributed by atoms with Gasteiger partial charge in [-0.05, 0) is 79.1 Å². The van der Waals surface area contributed by atoms with E-state index in [0.29, 0.717) is 27.7 Å². The zero-order valence-corrected chi connectivity index (χ0v) is 20.0. The van der Waals surface area contributed by atoms with Crippen molar-refractivity contribution < 1.29 is 14.3 Å². The Hall–Kier alpha value is -3.79. The molecule has 0 saturated heterocycles. The van der Waals surface area contributed by atoms with Crippen LogP contribution in [0.4, 0.5) is 11.4 Å². The molecule has 0 bridgehead atoms. The SMILES string of the molecule is Cc1ccc(NC(=O)COc2ccc(/C=C(/C#N)C(=O)Nc3cccc(Cl)c3)cc2Cl)cc1C. The summed E-state index contributed by atoms with van der Waals surface area (Å²) in [5.74, 6) is -0.604. The molecule has 0 radical (unpaired) electrons. The lowest BCUT2D eigenvalue weighted by molar-refractivity contribution is -0.118. The maximum Gasteiger partial charge on any atom is 0.266 e. The minimum atomic E-state index is -0.579. The van der Waals surface area contributed by atoms with Crippen molar-refractivity contribution in [3.05, 3.63) is 93.0 Å². The fraction of sp³-hybridized carbons (Fsp3) is 0.115. The summed E-state index contributed by atoms with van der Waals surface area (Å²) in [7, 11) is 0. The van der Waals surface area contributed by atoms with Crippen LogP contribution in [0.3, 0.4) is 0 Å². The molecule has 2 N–H and O–H groups in total. The van der Waals surface area contributed by atoms with Gasteiger partial charge in [0, 0.05) is 16.4 Å². The number of carbonyl (C=O) groups is 2. The second kappa shape index (κ2) is 11.4. The topological polar surface area (TPSA) is 91.2 Å². The molecule has 0 spiro atoms. The van der Waals surface area contributed by atoms with E-state index in [9.17, 15) is 14.9 Å². The number of carbonyl (C=O) groups excluding carboxylic acids is 2. The van der Waals surface area contributed by atoms with Crippen molar-refractivity contribution in [2.45, 2.75) is 13.8 Å². The van der Waals surface area contributed by atoms with Crippen LogP contribution in [0.1, 0.15) is 16.7 Å². The van der Waals surface area contributed by atoms with Crippen LogP contribution in [0.2, 0.25) is 10.0 Å². The highest BCUT2D eigenvalue weighted by molar-refractivity contribution is 6.32. The average Bonchev–Trinajstić information content (AvgIpc) is 2.79. The number of hydrogen-bond donors (Lipinski definition) is 2. The van der Waals surface area contributed by atoms with Crippen molar-refractivity contribution in [1.82, 2.24) is 0 Å². The van der Waals surface area contributed by atoms with Gasteiger partial charge in [0.25, 0.3) is 11.8 Å². The summed E-state index contributed by atoms with van der Waals surface area (Å²) in [6.45, 7) is 3.74. The number of anilines is 2. The van der Waals surface area contributed by atoms with Gasteiger partial charge in [0.15, 0.2) is 6.61 Å². The van der Waals surface area contributed by atoms with E-state index in [-0.39, 0.29) is 23.1 Å². The molecule has 2 amide bonds. The maximum atomic E-state index is 12.4. The van der Waals surface area contributed by atoms with Crippen molar-refractivity contribution in [3.8, 4) is 11.8 Å². The summed E-state index contributed by atoms with van der Waals surface area (Å²) >= 11 is 12.2. The Morgan fingerprint density at radius 1 is 0.971 bits per heavy atom. The molecule has 0 fully saturated rings. The Morgan fingerprint density at radius 3 is 2.41 bits per heavy atom. The quantitative estimate of drug-likeness (QED) is 0.304. The summed E-state index contributed by atoms with van der Waals surface area (Å²) < 4.78 is 5.53. The molecule has 0 aliphatic heterocycles. The van der Waals surface area contributed by atoms with Gasteiger partial charge in [-0.15, -0.1) is 0 Å². The van der Waals surface area contributed by atoms with Crippen LogP contribution in [0.5, 0.6) is 5.75 Å². The van der Waals surface area contributed by atoms with Gasteiger partial charge in [-0.1, -0.05) is 41.4 Å². The van der Waals surface area contributed by atoms with E-state index in [2.05, 4.69) is 10.6 Å². The molecule has 3 rings (SSSR count). The molecule has 3 aromatic rings. The summed E-state index contributed by atoms with van der Waals surface area (Å²) in [5, 5.41) is 15.5. The monoisotopic (exact) mass is 493 g/mol. The number of aryl methyl sites for hydroxylation is 2. The predicted octanol–water partition coefficient (Wildman–Crippen LogP) is 6.17. The van der Waals surface area contributed by atoms with Crippen LogP contribution in [-0.4, -0.2) is 18.4 Å². The number of ether oxygens (including phenoxy) is 1. The van der Waals surface area contributed by atoms with E-state index in [1.165, 1.54) is 6.08 Å². The molecule has 3 aromatic carbocycles. The van der Waals surface area contributed by atoms with Crippen molar-refractivity contribution in [2.24, 2.45) is 0 Å². The Labute approximate surface area is 207 Å². The lowest BCUT2D eigenvalue weighted by atomic mass is 10.1. The highest BCUT2D eigenvalue weighted by atomic mass is 35.5. The molecule has 8 heteroatoms. The smallest absolute Gasteiger partial charge is 0.266 e. The lowest BCUT2D eigenvalue weighted by Gasteiger charge is -2.10. The largest absolute Gasteiger partial charge is 0.482 e. The molecule has 0 aromatic heterocycles. The summed E-state index contributed by atoms with van der Waals surface area (Å²) in [6, 6.07) is 18.9. The van der Waals surface area contributed by atoms with E-state index < -0.39 is 5.91 Å². The first-order valence-corrected chi connectivity index (χ1v) is 11.0. The number of benzene rings is 3. The molecule has 0 unspecified atom stereocenters. The van der Waals surface area contributed by atoms with Crippen LogP contribution < -0.4 is 15.4 Å². The van der Waals surface area contributed by atoms with Crippen LogP contribution >= 0.6 is 23.2 Å². The molecule has 34 heavy (non-hydrogen) atoms. The molecule has 0 aliphatic rings. The Kier molecular flexibility index (Phi) is 8.31. The van der Waals surface area contributed by atoms with E-state index in [0.717, 1.165) is 11.1 Å². The van der Waals surface area contributed by atoms with Gasteiger partial charge in [0.05, 0.1) is 5.02 Å². The molecule has 172 valence electrons. The molecule has 0 atom stereocenters. The molecular weight excluding hydrogens is 473 g/mol. The zero-order chi connectivity index (χ0) is 24.7. The fourth-order valence-electron chi connectivity index (χ4n) is 2.96. The first-order valence-electron chi connectivity index (χ1n) is 10.2. The summed E-state index contributed by atoms with van der Waals surface area (Å²) in [5.41, 5.74) is 3.77. The number of nitrogens with zero attached hydrogens (tertiary/aromatic N) is 1. The van der Waals surface area contributed by atoms with E-state index in [1.54, 1.807) is 42.5 Å². The van der Waals surface area contributed by atoms with E-state index >= 15 is 0 Å². The van der Waals surface area contributed by atoms with Crippen LogP contribution in [0, 0.1) is 25.2 Å². The molecule has 0 aliphatic carbocycles. The minimum absolute atomic E-state index is 0.113.